The lowest BCUT2D eigenvalue weighted by Gasteiger charge is -2.42. The number of aliphatic hydroxyl groups is 1. The molecule has 0 saturated carbocycles. The number of ketones is 2. The van der Waals surface area contributed by atoms with Gasteiger partial charge in [-0.15, -0.1) is 0 Å². The van der Waals surface area contributed by atoms with Gasteiger partial charge in [-0.3, -0.25) is 24.5 Å². The number of phenolic OH excluding ortho intramolecular Hbond substituents is 4. The number of nitrogens with one attached hydrogen (secondary N) is 1. The van der Waals surface area contributed by atoms with E-state index in [0.29, 0.717) is 51.9 Å². The smallest absolute Gasteiger partial charge is 0.409 e. The number of hydrogen-bond donors (Lipinski definition) is 6. The van der Waals surface area contributed by atoms with Crippen LogP contribution in [0.1, 0.15) is 110 Å². The van der Waals surface area contributed by atoms with Crippen molar-refractivity contribution in [2.45, 2.75) is 122 Å². The highest BCUT2D eigenvalue weighted by atomic mass is 35.5. The van der Waals surface area contributed by atoms with Crippen molar-refractivity contribution >= 4 is 52.7 Å². The van der Waals surface area contributed by atoms with Crippen molar-refractivity contribution in [2.24, 2.45) is 17.8 Å². The van der Waals surface area contributed by atoms with Crippen molar-refractivity contribution in [1.29, 1.82) is 0 Å². The fourth-order valence-corrected chi connectivity index (χ4v) is 11.2. The second-order valence-corrected chi connectivity index (χ2v) is 23.2. The van der Waals surface area contributed by atoms with Crippen LogP contribution in [0.4, 0.5) is 10.5 Å². The molecule has 458 valence electrons. The SMILES string of the molecule is COc1cc2cc(c1Cl)N(C)C(=O)C[C@H](OC(=O)[C@H](C)N(C)C(C)=O)[C@]1(C)O[C@H]1[C@H](C)[C@@H]1C[C@@](O)(NC(=O)O1)[C@H](OC)/C=C\C=C(\C)C2.C[C@H](Cc1ccc(O)c(O)c1)[C@@H](C)Cc1ccc(O)c(O)c1.O=C1c2ccccc2C(=O)c2ccccc21. The predicted molar refractivity (Wildman–Crippen MR) is 322 cm³/mol. The van der Waals surface area contributed by atoms with E-state index in [1.165, 1.54) is 57.0 Å². The molecule has 0 aromatic heterocycles. The van der Waals surface area contributed by atoms with Crippen LogP contribution in [-0.4, -0.2) is 136 Å². The topological polar surface area (TPSA) is 272 Å². The van der Waals surface area contributed by atoms with Crippen molar-refractivity contribution in [3.05, 3.63) is 165 Å². The minimum absolute atomic E-state index is 0.0436. The van der Waals surface area contributed by atoms with Gasteiger partial charge in [0, 0.05) is 62.7 Å². The number of alkyl carbamates (subject to hydrolysis) is 1. The quantitative estimate of drug-likeness (QED) is 0.0423. The summed E-state index contributed by atoms with van der Waals surface area (Å²) in [6.07, 6.45) is 2.60. The summed E-state index contributed by atoms with van der Waals surface area (Å²) in [7, 11) is 5.97. The number of benzene rings is 5. The number of epoxide rings is 1. The molecule has 4 aliphatic rings. The number of allylic oxidation sites excluding steroid dienone is 3. The van der Waals surface area contributed by atoms with Crippen molar-refractivity contribution < 1.29 is 78.0 Å². The molecule has 0 spiro atoms. The molecule has 4 bridgehead atoms. The molecule has 3 aliphatic heterocycles. The lowest BCUT2D eigenvalue weighted by atomic mass is 9.83. The van der Waals surface area contributed by atoms with Crippen molar-refractivity contribution in [1.82, 2.24) is 10.2 Å². The van der Waals surface area contributed by atoms with Crippen LogP contribution in [0.2, 0.25) is 5.02 Å². The Morgan fingerprint density at radius 1 is 0.814 bits per heavy atom. The number of halogens is 1. The number of aromatic hydroxyl groups is 4. The number of carbonyl (C=O) groups is 6. The summed E-state index contributed by atoms with van der Waals surface area (Å²) in [4.78, 5) is 78.9. The predicted octanol–water partition coefficient (Wildman–Crippen LogP) is 9.56. The molecule has 5 aromatic carbocycles. The first-order valence-electron chi connectivity index (χ1n) is 28.2. The number of rotatable bonds is 10. The Morgan fingerprint density at radius 3 is 1.81 bits per heavy atom. The average Bonchev–Trinajstić information content (AvgIpc) is 2.03. The van der Waals surface area contributed by atoms with E-state index in [-0.39, 0.29) is 58.3 Å². The Morgan fingerprint density at radius 2 is 1.34 bits per heavy atom. The molecule has 0 unspecified atom stereocenters. The minimum atomic E-state index is -1.81. The lowest BCUT2D eigenvalue weighted by molar-refractivity contribution is -0.161. The molecule has 20 heteroatoms. The fourth-order valence-electron chi connectivity index (χ4n) is 10.9. The second-order valence-electron chi connectivity index (χ2n) is 22.8. The van der Waals surface area contributed by atoms with Gasteiger partial charge in [-0.05, 0) is 105 Å². The normalized spacial score (nSPS) is 24.5. The van der Waals surface area contributed by atoms with Crippen LogP contribution in [0, 0.1) is 17.8 Å². The van der Waals surface area contributed by atoms with Crippen LogP contribution < -0.4 is 15.0 Å². The number of likely N-dealkylation sites (N-methyl/N-ethyl adjacent to an activating group) is 1. The van der Waals surface area contributed by atoms with Crippen LogP contribution >= 0.6 is 11.6 Å². The Kier molecular flexibility index (Phi) is 20.8. The third-order valence-corrected chi connectivity index (χ3v) is 17.0. The summed E-state index contributed by atoms with van der Waals surface area (Å²) in [5.41, 5.74) is 3.10. The first-order chi connectivity index (χ1) is 40.6. The standard InChI is InChI=1S/C34H46ClN3O10.C18H22O4.C14H8O2/c1-18-11-10-12-26(45-9)34(43)17-25(46-32(42)36-34)19(2)30-33(5,48-30)27(47-31(41)20(3)37(6)21(4)39)16-28(40)38(7)23-14-22(13-18)15-24(44-8)29(23)35;1-11(7-13-3-5-15(19)17(21)9-13)12(2)8-14-4-6-16(20)18(22)10-14;15-13-9-5-1-2-6-10(9)14(16)12-8-4-3-7-11(12)13/h10-12,14-15,19-20,25-27,30,43H,13,16-17H2,1-9H3,(H,36,42);3-6,9-12,19-22H,7-8H2,1-2H3;1-8H/b12-10-,18-11-;;/t19-,20+,25+,26-,27+,30+,33+,34+;11-,12+;/m1../s1. The number of hydrogen-bond acceptors (Lipinski definition) is 16. The largest absolute Gasteiger partial charge is 0.504 e. The van der Waals surface area contributed by atoms with E-state index in [9.17, 15) is 54.3 Å². The summed E-state index contributed by atoms with van der Waals surface area (Å²) in [6.45, 7) is 12.6. The van der Waals surface area contributed by atoms with E-state index in [1.54, 1.807) is 106 Å². The van der Waals surface area contributed by atoms with Crippen LogP contribution in [-0.2, 0) is 52.6 Å². The third kappa shape index (κ3) is 14.9. The van der Waals surface area contributed by atoms with Gasteiger partial charge in [0.1, 0.15) is 40.7 Å². The number of carbonyl (C=O) groups excluding carboxylic acids is 6. The van der Waals surface area contributed by atoms with E-state index >= 15 is 0 Å². The minimum Gasteiger partial charge on any atom is -0.504 e. The summed E-state index contributed by atoms with van der Waals surface area (Å²) in [6, 6.07) is 26.3. The number of nitrogens with zero attached hydrogens (tertiary/aromatic N) is 2. The van der Waals surface area contributed by atoms with Gasteiger partial charge in [0.25, 0.3) is 0 Å². The van der Waals surface area contributed by atoms with Crippen molar-refractivity contribution in [3.63, 3.8) is 0 Å². The molecule has 5 aromatic rings. The van der Waals surface area contributed by atoms with E-state index < -0.39 is 65.7 Å². The van der Waals surface area contributed by atoms with E-state index in [2.05, 4.69) is 19.2 Å². The molecule has 3 heterocycles. The molecule has 2 saturated heterocycles. The van der Waals surface area contributed by atoms with Crippen LogP contribution in [0.5, 0.6) is 28.7 Å². The molecule has 1 aliphatic carbocycles. The molecular weight excluding hydrogens is 1130 g/mol. The van der Waals surface area contributed by atoms with Crippen molar-refractivity contribution in [2.75, 3.05) is 33.2 Å². The van der Waals surface area contributed by atoms with E-state index in [0.717, 1.165) is 35.1 Å². The number of esters is 1. The zero-order chi connectivity index (χ0) is 63.1. The Balaban J connectivity index is 0.000000225. The molecule has 0 radical (unpaired) electrons. The summed E-state index contributed by atoms with van der Waals surface area (Å²) < 4.78 is 28.9. The molecular formula is C66H76ClN3O16. The van der Waals surface area contributed by atoms with Crippen LogP contribution in [0.3, 0.4) is 0 Å². The van der Waals surface area contributed by atoms with Gasteiger partial charge in [-0.1, -0.05) is 117 Å². The zero-order valence-corrected chi connectivity index (χ0v) is 50.9. The van der Waals surface area contributed by atoms with Crippen LogP contribution in [0.25, 0.3) is 0 Å². The highest BCUT2D eigenvalue weighted by Crippen LogP contribution is 2.49. The fraction of sp³-hybridized carbons (Fsp3) is 0.394. The molecule has 3 amide bonds. The Hall–Kier alpha value is -8.23. The highest BCUT2D eigenvalue weighted by molar-refractivity contribution is 6.35. The first-order valence-corrected chi connectivity index (χ1v) is 28.6. The number of amides is 3. The van der Waals surface area contributed by atoms with E-state index in [4.69, 9.17) is 35.3 Å². The first kappa shape index (κ1) is 65.3. The number of phenols is 4. The third-order valence-electron chi connectivity index (χ3n) is 16.6. The van der Waals surface area contributed by atoms with Gasteiger partial charge in [0.15, 0.2) is 40.3 Å². The van der Waals surface area contributed by atoms with Gasteiger partial charge < -0.3 is 59.0 Å². The molecule has 10 atom stereocenters. The summed E-state index contributed by atoms with van der Waals surface area (Å²) in [5.74, 6) is -1.45. The number of methoxy groups -OCH3 is 2. The van der Waals surface area contributed by atoms with Gasteiger partial charge >= 0.3 is 12.1 Å². The maximum Gasteiger partial charge on any atom is 0.409 e. The van der Waals surface area contributed by atoms with Gasteiger partial charge in [0.05, 0.1) is 25.3 Å². The average molecular weight is 1200 g/mol. The van der Waals surface area contributed by atoms with Crippen LogP contribution in [0.15, 0.2) is 121 Å². The Bertz CT molecular complexity index is 3270. The zero-order valence-electron chi connectivity index (χ0n) is 50.1. The number of ether oxygens (including phenoxy) is 5. The second kappa shape index (κ2) is 27.4. The maximum atomic E-state index is 14.0. The molecule has 86 heavy (non-hydrogen) atoms. The molecule has 9 rings (SSSR count). The summed E-state index contributed by atoms with van der Waals surface area (Å²) >= 11 is 6.71. The van der Waals surface area contributed by atoms with Gasteiger partial charge in [-0.2, -0.15) is 0 Å². The highest BCUT2D eigenvalue weighted by Gasteiger charge is 2.64. The van der Waals surface area contributed by atoms with E-state index in [1.807, 2.05) is 25.1 Å². The summed E-state index contributed by atoms with van der Waals surface area (Å²) in [5, 5.41) is 52.1. The Labute approximate surface area is 505 Å². The molecule has 6 N–H and O–H groups in total. The van der Waals surface area contributed by atoms with Gasteiger partial charge in [-0.25, -0.2) is 9.59 Å². The monoisotopic (exact) mass is 1200 g/mol. The van der Waals surface area contributed by atoms with Gasteiger partial charge in [0.2, 0.25) is 11.8 Å². The number of anilines is 1. The number of fused-ring (bicyclic) bond motifs is 7. The van der Waals surface area contributed by atoms with Crippen molar-refractivity contribution in [3.8, 4) is 28.7 Å². The molecule has 19 nitrogen and oxygen atoms in total. The molecule has 2 fully saturated rings. The lowest BCUT2D eigenvalue weighted by Crippen LogP contribution is -2.63. The maximum absolute atomic E-state index is 14.0.